The molecule has 0 saturated heterocycles. The second kappa shape index (κ2) is 10.5. The van der Waals surface area contributed by atoms with Gasteiger partial charge in [-0.2, -0.15) is 4.72 Å². The van der Waals surface area contributed by atoms with E-state index in [9.17, 15) is 18.0 Å². The molecule has 8 heteroatoms. The zero-order valence-corrected chi connectivity index (χ0v) is 20.5. The standard InChI is InChI=1S/C25H33N3O4S/c1-5-18-8-7-9-20(15-18)26-25(30)22(14-17(3)4)27-33(31,32)21-10-11-23-19(16-21)12-13-28(23)24(29)6-2/h7-11,15-17,22,27H,5-6,12-14H2,1-4H3,(H,26,30). The molecule has 0 aliphatic carbocycles. The van der Waals surface area contributed by atoms with Gasteiger partial charge in [-0.25, -0.2) is 8.42 Å². The number of hydrogen-bond acceptors (Lipinski definition) is 4. The molecular formula is C25H33N3O4S. The van der Waals surface area contributed by atoms with E-state index in [2.05, 4.69) is 10.0 Å². The fourth-order valence-electron chi connectivity index (χ4n) is 4.03. The first kappa shape index (κ1) is 24.9. The Labute approximate surface area is 196 Å². The van der Waals surface area contributed by atoms with Crippen molar-refractivity contribution in [1.29, 1.82) is 0 Å². The van der Waals surface area contributed by atoms with Crippen molar-refractivity contribution in [2.75, 3.05) is 16.8 Å². The Morgan fingerprint density at radius 2 is 1.85 bits per heavy atom. The zero-order valence-electron chi connectivity index (χ0n) is 19.7. The predicted molar refractivity (Wildman–Crippen MR) is 131 cm³/mol. The van der Waals surface area contributed by atoms with E-state index in [4.69, 9.17) is 0 Å². The van der Waals surface area contributed by atoms with Crippen LogP contribution in [0.2, 0.25) is 0 Å². The summed E-state index contributed by atoms with van der Waals surface area (Å²) in [7, 11) is -3.93. The van der Waals surface area contributed by atoms with Crippen LogP contribution in [0, 0.1) is 5.92 Å². The molecule has 1 aliphatic rings. The Hall–Kier alpha value is -2.71. The highest BCUT2D eigenvalue weighted by Gasteiger charge is 2.29. The normalized spacial score (nSPS) is 14.3. The number of aryl methyl sites for hydroxylation is 1. The van der Waals surface area contributed by atoms with Crippen molar-refractivity contribution in [3.8, 4) is 0 Å². The molecule has 2 aromatic rings. The lowest BCUT2D eigenvalue weighted by molar-refractivity contribution is -0.118. The first-order valence-electron chi connectivity index (χ1n) is 11.5. The smallest absolute Gasteiger partial charge is 0.242 e. The van der Waals surface area contributed by atoms with Crippen molar-refractivity contribution in [1.82, 2.24) is 4.72 Å². The van der Waals surface area contributed by atoms with E-state index in [0.717, 1.165) is 23.2 Å². The maximum Gasteiger partial charge on any atom is 0.242 e. The monoisotopic (exact) mass is 471 g/mol. The van der Waals surface area contributed by atoms with Gasteiger partial charge >= 0.3 is 0 Å². The largest absolute Gasteiger partial charge is 0.325 e. The summed E-state index contributed by atoms with van der Waals surface area (Å²) in [5.41, 5.74) is 3.31. The van der Waals surface area contributed by atoms with Crippen LogP contribution < -0.4 is 14.9 Å². The van der Waals surface area contributed by atoms with Crippen LogP contribution in [-0.2, 0) is 32.5 Å². The average Bonchev–Trinajstić information content (AvgIpc) is 3.21. The summed E-state index contributed by atoms with van der Waals surface area (Å²) in [4.78, 5) is 26.9. The van der Waals surface area contributed by atoms with Gasteiger partial charge in [-0.15, -0.1) is 0 Å². The molecule has 3 rings (SSSR count). The van der Waals surface area contributed by atoms with Crippen LogP contribution in [-0.4, -0.2) is 32.8 Å². The van der Waals surface area contributed by atoms with Crippen LogP contribution in [0.3, 0.4) is 0 Å². The molecule has 0 aromatic heterocycles. The van der Waals surface area contributed by atoms with Crippen LogP contribution in [0.5, 0.6) is 0 Å². The van der Waals surface area contributed by atoms with Gasteiger partial charge in [0.25, 0.3) is 0 Å². The van der Waals surface area contributed by atoms with Crippen molar-refractivity contribution >= 4 is 33.2 Å². The van der Waals surface area contributed by atoms with Crippen molar-refractivity contribution in [2.24, 2.45) is 5.92 Å². The molecule has 178 valence electrons. The van der Waals surface area contributed by atoms with Crippen LogP contribution in [0.25, 0.3) is 0 Å². The molecule has 33 heavy (non-hydrogen) atoms. The van der Waals surface area contributed by atoms with E-state index in [1.807, 2.05) is 45.9 Å². The number of benzene rings is 2. The van der Waals surface area contributed by atoms with E-state index < -0.39 is 16.1 Å². The highest BCUT2D eigenvalue weighted by atomic mass is 32.2. The second-order valence-electron chi connectivity index (χ2n) is 8.79. The molecule has 1 aliphatic heterocycles. The molecule has 0 spiro atoms. The molecule has 1 unspecified atom stereocenters. The van der Waals surface area contributed by atoms with Gasteiger partial charge in [-0.05, 0) is 66.6 Å². The topological polar surface area (TPSA) is 95.6 Å². The molecule has 1 atom stereocenters. The number of nitrogens with zero attached hydrogens (tertiary/aromatic N) is 1. The third-order valence-corrected chi connectivity index (χ3v) is 7.25. The van der Waals surface area contributed by atoms with E-state index in [-0.39, 0.29) is 22.6 Å². The summed E-state index contributed by atoms with van der Waals surface area (Å²) in [6.45, 7) is 8.28. The first-order chi connectivity index (χ1) is 15.6. The number of anilines is 2. The third-order valence-electron chi connectivity index (χ3n) is 5.78. The van der Waals surface area contributed by atoms with Crippen LogP contribution in [0.4, 0.5) is 11.4 Å². The number of hydrogen-bond donors (Lipinski definition) is 2. The minimum atomic E-state index is -3.93. The second-order valence-corrected chi connectivity index (χ2v) is 10.5. The van der Waals surface area contributed by atoms with E-state index in [1.165, 1.54) is 6.07 Å². The van der Waals surface area contributed by atoms with Crippen LogP contribution >= 0.6 is 0 Å². The van der Waals surface area contributed by atoms with E-state index in [0.29, 0.717) is 31.5 Å². The Kier molecular flexibility index (Phi) is 7.92. The Bertz CT molecular complexity index is 1130. The highest BCUT2D eigenvalue weighted by molar-refractivity contribution is 7.89. The molecule has 0 radical (unpaired) electrons. The fourth-order valence-corrected chi connectivity index (χ4v) is 5.29. The molecule has 0 fully saturated rings. The summed E-state index contributed by atoms with van der Waals surface area (Å²) in [5, 5.41) is 2.85. The molecule has 7 nitrogen and oxygen atoms in total. The average molecular weight is 472 g/mol. The Morgan fingerprint density at radius 1 is 1.09 bits per heavy atom. The zero-order chi connectivity index (χ0) is 24.2. The molecule has 1 heterocycles. The first-order valence-corrected chi connectivity index (χ1v) is 13.0. The lowest BCUT2D eigenvalue weighted by Crippen LogP contribution is -2.44. The number of amides is 2. The lowest BCUT2D eigenvalue weighted by atomic mass is 10.0. The molecule has 2 N–H and O–H groups in total. The Morgan fingerprint density at radius 3 is 2.52 bits per heavy atom. The molecule has 2 aromatic carbocycles. The number of carbonyl (C=O) groups excluding carboxylic acids is 2. The van der Waals surface area contributed by atoms with Crippen LogP contribution in [0.1, 0.15) is 51.7 Å². The molecule has 0 saturated carbocycles. The van der Waals surface area contributed by atoms with Crippen molar-refractivity contribution < 1.29 is 18.0 Å². The van der Waals surface area contributed by atoms with E-state index >= 15 is 0 Å². The summed E-state index contributed by atoms with van der Waals surface area (Å²) >= 11 is 0. The van der Waals surface area contributed by atoms with Crippen LogP contribution in [0.15, 0.2) is 47.4 Å². The molecular weight excluding hydrogens is 438 g/mol. The Balaban J connectivity index is 1.81. The van der Waals surface area contributed by atoms with Gasteiger partial charge in [-0.1, -0.05) is 39.8 Å². The van der Waals surface area contributed by atoms with Gasteiger partial charge in [0.15, 0.2) is 0 Å². The van der Waals surface area contributed by atoms with Gasteiger partial charge in [-0.3, -0.25) is 9.59 Å². The maximum atomic E-state index is 13.2. The summed E-state index contributed by atoms with van der Waals surface area (Å²) in [5.74, 6) is -0.260. The van der Waals surface area contributed by atoms with Crippen molar-refractivity contribution in [2.45, 2.75) is 64.3 Å². The lowest BCUT2D eigenvalue weighted by Gasteiger charge is -2.21. The number of nitrogens with one attached hydrogen (secondary N) is 2. The fraction of sp³-hybridized carbons (Fsp3) is 0.440. The minimum Gasteiger partial charge on any atom is -0.325 e. The SMILES string of the molecule is CCC(=O)N1CCc2cc(S(=O)(=O)NC(CC(C)C)C(=O)Nc3cccc(CC)c3)ccc21. The molecule has 0 bridgehead atoms. The van der Waals surface area contributed by atoms with Gasteiger partial charge < -0.3 is 10.2 Å². The number of sulfonamides is 1. The summed E-state index contributed by atoms with van der Waals surface area (Å²) in [6.07, 6.45) is 2.20. The van der Waals surface area contributed by atoms with Crippen molar-refractivity contribution in [3.63, 3.8) is 0 Å². The van der Waals surface area contributed by atoms with Gasteiger partial charge in [0, 0.05) is 24.3 Å². The third kappa shape index (κ3) is 6.00. The van der Waals surface area contributed by atoms with Gasteiger partial charge in [0.2, 0.25) is 21.8 Å². The van der Waals surface area contributed by atoms with Gasteiger partial charge in [0.1, 0.15) is 6.04 Å². The quantitative estimate of drug-likeness (QED) is 0.580. The maximum absolute atomic E-state index is 13.2. The highest BCUT2D eigenvalue weighted by Crippen LogP contribution is 2.31. The van der Waals surface area contributed by atoms with Gasteiger partial charge in [0.05, 0.1) is 4.90 Å². The van der Waals surface area contributed by atoms with Crippen molar-refractivity contribution in [3.05, 3.63) is 53.6 Å². The van der Waals surface area contributed by atoms with E-state index in [1.54, 1.807) is 23.1 Å². The number of fused-ring (bicyclic) bond motifs is 1. The summed E-state index contributed by atoms with van der Waals surface area (Å²) in [6, 6.07) is 11.4. The summed E-state index contributed by atoms with van der Waals surface area (Å²) < 4.78 is 29.0. The minimum absolute atomic E-state index is 0.0169. The number of carbonyl (C=O) groups is 2. The number of rotatable bonds is 9. The predicted octanol–water partition coefficient (Wildman–Crippen LogP) is 3.88. The molecule has 2 amide bonds.